The molecule has 1 spiro atoms. The molecule has 1 amide bonds. The van der Waals surface area contributed by atoms with Crippen LogP contribution in [-0.2, 0) is 0 Å². The maximum atomic E-state index is 10.8. The third kappa shape index (κ3) is 2.27. The van der Waals surface area contributed by atoms with Gasteiger partial charge in [-0.1, -0.05) is 19.8 Å². The molecular formula is C12H21NO2. The Balaban J connectivity index is 1.89. The molecule has 1 saturated heterocycles. The third-order valence-corrected chi connectivity index (χ3v) is 4.43. The highest BCUT2D eigenvalue weighted by atomic mass is 16.4. The second-order valence-electron chi connectivity index (χ2n) is 5.45. The molecule has 0 radical (unpaired) electrons. The van der Waals surface area contributed by atoms with Crippen LogP contribution in [0.2, 0.25) is 0 Å². The minimum atomic E-state index is -0.742. The van der Waals surface area contributed by atoms with E-state index >= 15 is 0 Å². The van der Waals surface area contributed by atoms with Crippen LogP contribution in [0.1, 0.15) is 45.4 Å². The molecule has 1 saturated carbocycles. The molecule has 2 fully saturated rings. The maximum absolute atomic E-state index is 10.8. The predicted molar refractivity (Wildman–Crippen MR) is 58.9 cm³/mol. The van der Waals surface area contributed by atoms with Crippen molar-refractivity contribution in [1.29, 1.82) is 0 Å². The van der Waals surface area contributed by atoms with Crippen LogP contribution in [0, 0.1) is 11.3 Å². The van der Waals surface area contributed by atoms with Crippen molar-refractivity contribution in [1.82, 2.24) is 4.90 Å². The SMILES string of the molecule is CC1CCC2(CC1)CCN(C(=O)O)CC2. The van der Waals surface area contributed by atoms with E-state index in [4.69, 9.17) is 5.11 Å². The van der Waals surface area contributed by atoms with E-state index < -0.39 is 6.09 Å². The second kappa shape index (κ2) is 4.03. The van der Waals surface area contributed by atoms with E-state index in [1.807, 2.05) is 0 Å². The van der Waals surface area contributed by atoms with E-state index in [9.17, 15) is 4.79 Å². The number of hydrogen-bond acceptors (Lipinski definition) is 1. The highest BCUT2D eigenvalue weighted by Gasteiger charge is 2.37. The molecule has 0 aromatic heterocycles. The number of carboxylic acid groups (broad SMARTS) is 1. The Labute approximate surface area is 91.5 Å². The van der Waals surface area contributed by atoms with E-state index in [-0.39, 0.29) is 0 Å². The summed E-state index contributed by atoms with van der Waals surface area (Å²) < 4.78 is 0. The van der Waals surface area contributed by atoms with Gasteiger partial charge in [-0.05, 0) is 37.0 Å². The molecule has 0 atom stereocenters. The molecule has 2 aliphatic rings. The lowest BCUT2D eigenvalue weighted by atomic mass is 9.66. The fourth-order valence-corrected chi connectivity index (χ4v) is 3.05. The normalized spacial score (nSPS) is 26.9. The molecule has 1 N–H and O–H groups in total. The number of amides is 1. The second-order valence-corrected chi connectivity index (χ2v) is 5.45. The Hall–Kier alpha value is -0.730. The first-order valence-corrected chi connectivity index (χ1v) is 6.09. The highest BCUT2D eigenvalue weighted by molar-refractivity contribution is 5.65. The predicted octanol–water partition coefficient (Wildman–Crippen LogP) is 2.96. The number of carbonyl (C=O) groups is 1. The summed E-state index contributed by atoms with van der Waals surface area (Å²) in [7, 11) is 0. The lowest BCUT2D eigenvalue weighted by molar-refractivity contribution is 0.0540. The quantitative estimate of drug-likeness (QED) is 0.669. The van der Waals surface area contributed by atoms with Crippen LogP contribution in [0.4, 0.5) is 4.79 Å². The molecule has 0 unspecified atom stereocenters. The largest absolute Gasteiger partial charge is 0.465 e. The van der Waals surface area contributed by atoms with E-state index in [2.05, 4.69) is 6.92 Å². The van der Waals surface area contributed by atoms with Gasteiger partial charge in [-0.25, -0.2) is 4.79 Å². The van der Waals surface area contributed by atoms with E-state index in [0.717, 1.165) is 31.8 Å². The average Bonchev–Trinajstić information content (AvgIpc) is 2.24. The number of rotatable bonds is 0. The number of likely N-dealkylation sites (tertiary alicyclic amines) is 1. The van der Waals surface area contributed by atoms with Crippen molar-refractivity contribution in [2.45, 2.75) is 45.4 Å². The van der Waals surface area contributed by atoms with Crippen LogP contribution < -0.4 is 0 Å². The molecule has 3 heteroatoms. The summed E-state index contributed by atoms with van der Waals surface area (Å²) in [5, 5.41) is 8.89. The van der Waals surface area contributed by atoms with Crippen LogP contribution in [0.3, 0.4) is 0 Å². The molecule has 0 bridgehead atoms. The van der Waals surface area contributed by atoms with Gasteiger partial charge in [0.1, 0.15) is 0 Å². The van der Waals surface area contributed by atoms with Gasteiger partial charge in [0, 0.05) is 13.1 Å². The number of hydrogen-bond donors (Lipinski definition) is 1. The molecule has 0 aromatic rings. The van der Waals surface area contributed by atoms with Gasteiger partial charge in [0.05, 0.1) is 0 Å². The topological polar surface area (TPSA) is 40.5 Å². The first-order chi connectivity index (χ1) is 7.11. The van der Waals surface area contributed by atoms with Crippen LogP contribution in [0.5, 0.6) is 0 Å². The van der Waals surface area contributed by atoms with Crippen molar-refractivity contribution in [2.75, 3.05) is 13.1 Å². The first kappa shape index (κ1) is 10.8. The minimum Gasteiger partial charge on any atom is -0.465 e. The molecule has 15 heavy (non-hydrogen) atoms. The van der Waals surface area contributed by atoms with Crippen molar-refractivity contribution in [3.63, 3.8) is 0 Å². The molecule has 0 aromatic carbocycles. The molecule has 3 nitrogen and oxygen atoms in total. The fraction of sp³-hybridized carbons (Fsp3) is 0.917. The third-order valence-electron chi connectivity index (χ3n) is 4.43. The number of piperidine rings is 1. The molecule has 86 valence electrons. The standard InChI is InChI=1S/C12H21NO2/c1-10-2-4-12(5-3-10)6-8-13(9-7-12)11(14)15/h10H,2-9H2,1H3,(H,14,15). The van der Waals surface area contributed by atoms with Gasteiger partial charge in [0.15, 0.2) is 0 Å². The van der Waals surface area contributed by atoms with Gasteiger partial charge in [-0.15, -0.1) is 0 Å². The Bertz CT molecular complexity index is 234. The smallest absolute Gasteiger partial charge is 0.407 e. The molecule has 1 aliphatic heterocycles. The van der Waals surface area contributed by atoms with Gasteiger partial charge in [0.25, 0.3) is 0 Å². The van der Waals surface area contributed by atoms with Crippen LogP contribution in [-0.4, -0.2) is 29.2 Å². The Morgan fingerprint density at radius 1 is 1.20 bits per heavy atom. The van der Waals surface area contributed by atoms with Gasteiger partial charge < -0.3 is 10.0 Å². The summed E-state index contributed by atoms with van der Waals surface area (Å²) in [6.07, 6.45) is 6.76. The van der Waals surface area contributed by atoms with Crippen molar-refractivity contribution in [3.8, 4) is 0 Å². The number of nitrogens with zero attached hydrogens (tertiary/aromatic N) is 1. The zero-order valence-electron chi connectivity index (χ0n) is 9.54. The Morgan fingerprint density at radius 2 is 1.73 bits per heavy atom. The molecule has 2 rings (SSSR count). The minimum absolute atomic E-state index is 0.498. The average molecular weight is 211 g/mol. The molecule has 1 heterocycles. The van der Waals surface area contributed by atoms with Crippen molar-refractivity contribution < 1.29 is 9.90 Å². The Kier molecular flexibility index (Phi) is 2.89. The maximum Gasteiger partial charge on any atom is 0.407 e. The van der Waals surface area contributed by atoms with E-state index in [1.165, 1.54) is 25.7 Å². The summed E-state index contributed by atoms with van der Waals surface area (Å²) >= 11 is 0. The molecular weight excluding hydrogens is 190 g/mol. The summed E-state index contributed by atoms with van der Waals surface area (Å²) in [6.45, 7) is 3.84. The van der Waals surface area contributed by atoms with Crippen molar-refractivity contribution in [2.24, 2.45) is 11.3 Å². The summed E-state index contributed by atoms with van der Waals surface area (Å²) in [6, 6.07) is 0. The van der Waals surface area contributed by atoms with Gasteiger partial charge >= 0.3 is 6.09 Å². The van der Waals surface area contributed by atoms with Crippen LogP contribution >= 0.6 is 0 Å². The van der Waals surface area contributed by atoms with E-state index in [1.54, 1.807) is 4.90 Å². The fourth-order valence-electron chi connectivity index (χ4n) is 3.05. The van der Waals surface area contributed by atoms with Crippen LogP contribution in [0.25, 0.3) is 0 Å². The summed E-state index contributed by atoms with van der Waals surface area (Å²) in [5.74, 6) is 0.883. The Morgan fingerprint density at radius 3 is 2.20 bits per heavy atom. The zero-order chi connectivity index (χ0) is 10.9. The van der Waals surface area contributed by atoms with E-state index in [0.29, 0.717) is 5.41 Å². The summed E-state index contributed by atoms with van der Waals surface area (Å²) in [4.78, 5) is 12.4. The van der Waals surface area contributed by atoms with Gasteiger partial charge in [-0.2, -0.15) is 0 Å². The van der Waals surface area contributed by atoms with Gasteiger partial charge in [-0.3, -0.25) is 0 Å². The zero-order valence-corrected chi connectivity index (χ0v) is 9.54. The van der Waals surface area contributed by atoms with Crippen LogP contribution in [0.15, 0.2) is 0 Å². The highest BCUT2D eigenvalue weighted by Crippen LogP contribution is 2.46. The molecule has 1 aliphatic carbocycles. The lowest BCUT2D eigenvalue weighted by Gasteiger charge is -2.44. The van der Waals surface area contributed by atoms with Crippen molar-refractivity contribution >= 4 is 6.09 Å². The first-order valence-electron chi connectivity index (χ1n) is 6.09. The lowest BCUT2D eigenvalue weighted by Crippen LogP contribution is -2.43. The van der Waals surface area contributed by atoms with Gasteiger partial charge in [0.2, 0.25) is 0 Å². The van der Waals surface area contributed by atoms with Crippen molar-refractivity contribution in [3.05, 3.63) is 0 Å². The summed E-state index contributed by atoms with van der Waals surface area (Å²) in [5.41, 5.74) is 0.498. The monoisotopic (exact) mass is 211 g/mol.